The van der Waals surface area contributed by atoms with Crippen LogP contribution in [0.3, 0.4) is 0 Å². The lowest BCUT2D eigenvalue weighted by Crippen LogP contribution is -2.39. The van der Waals surface area contributed by atoms with Gasteiger partial charge < -0.3 is 37.9 Å². The van der Waals surface area contributed by atoms with Gasteiger partial charge in [0, 0.05) is 99.8 Å². The van der Waals surface area contributed by atoms with E-state index in [0.717, 1.165) is 13.0 Å². The Morgan fingerprint density at radius 1 is 0.493 bits per heavy atom. The molecule has 0 heterocycles. The molecule has 0 aliphatic carbocycles. The third-order valence-electron chi connectivity index (χ3n) is 11.6. The fourth-order valence-electron chi connectivity index (χ4n) is 8.03. The van der Waals surface area contributed by atoms with Gasteiger partial charge in [0.1, 0.15) is 5.75 Å². The minimum atomic E-state index is -4.70. The summed E-state index contributed by atoms with van der Waals surface area (Å²) in [5, 5.41) is 8.41. The number of rotatable bonds is 31. The Bertz CT molecular complexity index is 2880. The molecule has 12 N–H and O–H groups in total. The normalized spacial score (nSPS) is 13.5. The van der Waals surface area contributed by atoms with E-state index in [1.807, 2.05) is 0 Å². The van der Waals surface area contributed by atoms with Crippen molar-refractivity contribution in [3.63, 3.8) is 0 Å². The third kappa shape index (κ3) is 15.6. The molecule has 0 fully saturated rings. The number of ether oxygens (including phenoxy) is 1. The second-order valence-corrected chi connectivity index (χ2v) is 22.7. The number of carbonyl (C=O) groups is 4. The topological polar surface area (TPSA) is 330 Å². The number of sulfonamides is 3. The number of amides is 3. The van der Waals surface area contributed by atoms with Crippen molar-refractivity contribution >= 4 is 86.1 Å². The molecular formula is C48H69N9O11S3. The lowest BCUT2D eigenvalue weighted by Gasteiger charge is -2.24. The minimum Gasteiger partial charge on any atom is -0.426 e. The highest BCUT2D eigenvalue weighted by Gasteiger charge is 2.33. The number of nitrogens with one attached hydrogen (secondary N) is 6. The summed E-state index contributed by atoms with van der Waals surface area (Å²) in [5.74, 6) is -2.28. The first-order valence-electron chi connectivity index (χ1n) is 23.3. The Labute approximate surface area is 416 Å². The van der Waals surface area contributed by atoms with E-state index < -0.39 is 81.7 Å². The highest BCUT2D eigenvalue weighted by molar-refractivity contribution is 7.90. The molecule has 4 aromatic carbocycles. The molecule has 3 atom stereocenters. The number of carbonyl (C=O) groups excluding carboxylic acids is 4. The molecule has 0 radical (unpaired) electrons. The zero-order valence-electron chi connectivity index (χ0n) is 40.9. The second-order valence-electron chi connectivity index (χ2n) is 17.6. The summed E-state index contributed by atoms with van der Waals surface area (Å²) < 4.78 is 103. The van der Waals surface area contributed by atoms with E-state index in [1.165, 1.54) is 51.1 Å². The lowest BCUT2D eigenvalue weighted by atomic mass is 9.93. The van der Waals surface area contributed by atoms with Crippen molar-refractivity contribution in [3.05, 3.63) is 72.9 Å². The summed E-state index contributed by atoms with van der Waals surface area (Å²) in [6, 6.07) is 5.55. The Kier molecular flexibility index (Phi) is 21.2. The van der Waals surface area contributed by atoms with E-state index >= 15 is 0 Å². The third-order valence-corrected chi connectivity index (χ3v) is 16.3. The van der Waals surface area contributed by atoms with Gasteiger partial charge >= 0.3 is 5.97 Å². The molecule has 0 aliphatic rings. The van der Waals surface area contributed by atoms with Crippen LogP contribution in [0.1, 0.15) is 85.5 Å². The van der Waals surface area contributed by atoms with Gasteiger partial charge in [0.15, 0.2) is 0 Å². The van der Waals surface area contributed by atoms with Crippen molar-refractivity contribution < 1.29 is 49.2 Å². The van der Waals surface area contributed by atoms with Crippen LogP contribution in [0.25, 0.3) is 32.3 Å². The van der Waals surface area contributed by atoms with Crippen LogP contribution in [0.5, 0.6) is 5.75 Å². The maximum Gasteiger partial charge on any atom is 0.308 e. The first kappa shape index (κ1) is 58.2. The van der Waals surface area contributed by atoms with Crippen LogP contribution >= 0.6 is 0 Å². The number of nitrogens with two attached hydrogens (primary N) is 3. The molecule has 23 heteroatoms. The summed E-state index contributed by atoms with van der Waals surface area (Å²) in [7, 11) is -14.0. The first-order valence-corrected chi connectivity index (χ1v) is 27.8. The standard InChI is InChI=1S/C48H69N9O11S3/c1-29(2)46(59)52-24-18-33(11-8-21-49)55-69(62,63)41-27-40(68-32(7)58)36-14-15-38-42(70(64,65)56-34(12-9-22-50)19-25-53-47(60)30(3)4)28-43(39-17-16-37(41)44(36)45(38)39)71(66,67)57-35(13-10-23-51)20-26-54-48(61)31(5)6/h14-17,27-28,33-35,55-57H,1,3,5,8-13,18-26,49-51H2,2,4,6-7H3,(H,52,59)(H,53,60)(H,54,61). The summed E-state index contributed by atoms with van der Waals surface area (Å²) in [6.45, 7) is 17.5. The second kappa shape index (κ2) is 25.8. The lowest BCUT2D eigenvalue weighted by molar-refractivity contribution is -0.131. The van der Waals surface area contributed by atoms with E-state index in [0.29, 0.717) is 19.3 Å². The minimum absolute atomic E-state index is 0.00487. The van der Waals surface area contributed by atoms with Crippen molar-refractivity contribution in [2.45, 2.75) is 118 Å². The molecule has 0 saturated carbocycles. The van der Waals surface area contributed by atoms with E-state index in [4.69, 9.17) is 21.9 Å². The van der Waals surface area contributed by atoms with Crippen LogP contribution in [-0.2, 0) is 49.2 Å². The number of hydrogen-bond acceptors (Lipinski definition) is 14. The Balaban J connectivity index is 2.06. The first-order chi connectivity index (χ1) is 33.4. The van der Waals surface area contributed by atoms with Gasteiger partial charge in [-0.25, -0.2) is 39.4 Å². The highest BCUT2D eigenvalue weighted by Crippen LogP contribution is 2.45. The quantitative estimate of drug-likeness (QED) is 0.0152. The Morgan fingerprint density at radius 3 is 1.08 bits per heavy atom. The van der Waals surface area contributed by atoms with Crippen molar-refractivity contribution in [1.82, 2.24) is 30.1 Å². The molecule has 0 saturated heterocycles. The molecule has 4 aromatic rings. The summed E-state index contributed by atoms with van der Waals surface area (Å²) in [5.41, 5.74) is 18.2. The monoisotopic (exact) mass is 1040 g/mol. The van der Waals surface area contributed by atoms with E-state index in [1.54, 1.807) is 0 Å². The molecule has 0 spiro atoms. The fraction of sp³-hybridized carbons (Fsp3) is 0.458. The highest BCUT2D eigenvalue weighted by atomic mass is 32.2. The fourth-order valence-corrected chi connectivity index (χ4v) is 12.7. The zero-order valence-corrected chi connectivity index (χ0v) is 43.3. The van der Waals surface area contributed by atoms with E-state index in [9.17, 15) is 44.4 Å². The van der Waals surface area contributed by atoms with Gasteiger partial charge in [0.2, 0.25) is 47.8 Å². The van der Waals surface area contributed by atoms with Gasteiger partial charge in [-0.05, 0) is 110 Å². The van der Waals surface area contributed by atoms with Crippen LogP contribution in [0, 0.1) is 0 Å². The molecule has 3 amide bonds. The van der Waals surface area contributed by atoms with Gasteiger partial charge in [-0.2, -0.15) is 0 Å². The Morgan fingerprint density at radius 2 is 0.789 bits per heavy atom. The predicted molar refractivity (Wildman–Crippen MR) is 276 cm³/mol. The van der Waals surface area contributed by atoms with Gasteiger partial charge in [-0.1, -0.05) is 37.9 Å². The van der Waals surface area contributed by atoms with Gasteiger partial charge in [-0.3, -0.25) is 19.2 Å². The van der Waals surface area contributed by atoms with Crippen molar-refractivity contribution in [2.24, 2.45) is 17.2 Å². The van der Waals surface area contributed by atoms with E-state index in [-0.39, 0.29) is 137 Å². The summed E-state index contributed by atoms with van der Waals surface area (Å²) >= 11 is 0. The molecule has 20 nitrogen and oxygen atoms in total. The maximum atomic E-state index is 14.9. The molecule has 0 aliphatic heterocycles. The largest absolute Gasteiger partial charge is 0.426 e. The van der Waals surface area contributed by atoms with Crippen molar-refractivity contribution in [3.8, 4) is 5.75 Å². The molecule has 71 heavy (non-hydrogen) atoms. The molecule has 390 valence electrons. The molecule has 0 aromatic heterocycles. The van der Waals surface area contributed by atoms with Crippen LogP contribution in [0.15, 0.2) is 87.5 Å². The number of esters is 1. The summed E-state index contributed by atoms with van der Waals surface area (Å²) in [6.07, 6.45) is 2.36. The smallest absolute Gasteiger partial charge is 0.308 e. The average Bonchev–Trinajstić information content (AvgIpc) is 3.29. The molecular weight excluding hydrogens is 975 g/mol. The number of benzene rings is 4. The van der Waals surface area contributed by atoms with Crippen LogP contribution < -0.4 is 52.1 Å². The average molecular weight is 1040 g/mol. The van der Waals surface area contributed by atoms with Gasteiger partial charge in [-0.15, -0.1) is 0 Å². The molecule has 0 bridgehead atoms. The van der Waals surface area contributed by atoms with Crippen molar-refractivity contribution in [1.29, 1.82) is 0 Å². The van der Waals surface area contributed by atoms with Crippen molar-refractivity contribution in [2.75, 3.05) is 39.3 Å². The van der Waals surface area contributed by atoms with Gasteiger partial charge in [0.05, 0.1) is 14.7 Å². The Hall–Kier alpha value is -5.37. The van der Waals surface area contributed by atoms with Gasteiger partial charge in [0.25, 0.3) is 0 Å². The van der Waals surface area contributed by atoms with Crippen LogP contribution in [-0.4, -0.2) is 106 Å². The van der Waals surface area contributed by atoms with E-state index in [2.05, 4.69) is 49.9 Å². The predicted octanol–water partition coefficient (Wildman–Crippen LogP) is 2.91. The maximum absolute atomic E-state index is 14.9. The van der Waals surface area contributed by atoms with Crippen LogP contribution in [0.4, 0.5) is 0 Å². The summed E-state index contributed by atoms with van der Waals surface area (Å²) in [4.78, 5) is 48.3. The molecule has 3 unspecified atom stereocenters. The van der Waals surface area contributed by atoms with Crippen LogP contribution in [0.2, 0.25) is 0 Å². The number of hydrogen-bond donors (Lipinski definition) is 9. The zero-order chi connectivity index (χ0) is 52.8. The SMILES string of the molecule is C=C(C)C(=O)NCCC(CCCN)NS(=O)(=O)c1cc(OC(C)=O)c2ccc3c(S(=O)(=O)NC(CCCN)CCNC(=O)C(=C)C)cc(S(=O)(=O)NC(CCCN)CCNC(=O)C(=C)C)c4ccc1c2c34. The molecule has 4 rings (SSSR count).